The molecule has 0 heterocycles. The smallest absolute Gasteiger partial charge is 0.125 e. The fourth-order valence-corrected chi connectivity index (χ4v) is 14.3. The van der Waals surface area contributed by atoms with Crippen molar-refractivity contribution < 1.29 is 36.2 Å². The zero-order valence-corrected chi connectivity index (χ0v) is 54.1. The molecular weight excluding hydrogens is 1240 g/mol. The van der Waals surface area contributed by atoms with Crippen molar-refractivity contribution in [3.05, 3.63) is 399 Å². The minimum absolute atomic E-state index is 0.0112. The Balaban J connectivity index is 0.000000246. The Morgan fingerprint density at radius 2 is 0.520 bits per heavy atom. The molecule has 0 aliphatic rings. The molecule has 0 radical (unpaired) electrons. The summed E-state index contributed by atoms with van der Waals surface area (Å²) in [5, 5.41) is 13.9. The molecule has 19 aromatic rings. The fraction of sp³-hybridized carbons (Fsp3) is 0. The van der Waals surface area contributed by atoms with Crippen LogP contribution in [0.1, 0.15) is 27.4 Å². The van der Waals surface area contributed by atoms with E-state index in [1.807, 2.05) is 36.4 Å². The highest BCUT2D eigenvalue weighted by Gasteiger charge is 2.25. The molecule has 0 aliphatic heterocycles. The second kappa shape index (κ2) is 26.2. The van der Waals surface area contributed by atoms with Crippen LogP contribution in [0.5, 0.6) is 0 Å². The van der Waals surface area contributed by atoms with E-state index in [0.717, 1.165) is 0 Å². The average molecular weight is 1330 g/mol. The standard InChI is InChI=1S/C64H42F2N2.C34H22/c65-53-23-13-25-55(41-53)67(57-37-49(43-15-5-1-6-16-43)35-50(38-57)44-17-7-2-8-18-44)61-33-29-47-28-32-60-62(34-30-48-27-31-59(61)63(47)64(48)60)68(56-26-14-24-54(66)42-56)58-39-51(45-19-9-3-10-20-45)36-52(40-58)46-21-11-4-12-22-46;1-3-11-25-21-27(19-17-23(25)9-1)33-29-13-5-7-15-31(29)34(32-16-8-6-14-30(32)33)28-20-18-24-10-2-4-12-26(24)22-28/h1-42H;1-22H/i1D,2D,3D,4D,5D,6D,7D,8D,9D,10D,11D,12D,15D,16D,17D,18D,19D,20D,21D,22D;. The van der Waals surface area contributed by atoms with Crippen LogP contribution in [0.15, 0.2) is 388 Å². The van der Waals surface area contributed by atoms with Crippen LogP contribution in [0, 0.1) is 11.6 Å². The number of hydrogen-bond acceptors (Lipinski definition) is 2. The predicted molar refractivity (Wildman–Crippen MR) is 429 cm³/mol. The summed E-state index contributed by atoms with van der Waals surface area (Å²) in [6, 6.07) is 70.2. The summed E-state index contributed by atoms with van der Waals surface area (Å²) in [6.45, 7) is 0. The maximum absolute atomic E-state index is 15.8. The van der Waals surface area contributed by atoms with Crippen molar-refractivity contribution >= 4 is 110 Å². The predicted octanol–water partition coefficient (Wildman–Crippen LogP) is 28.1. The Morgan fingerprint density at radius 3 is 0.863 bits per heavy atom. The van der Waals surface area contributed by atoms with Gasteiger partial charge in [-0.05, 0) is 228 Å². The minimum atomic E-state index is -0.669. The van der Waals surface area contributed by atoms with E-state index in [-0.39, 0.29) is 67.3 Å². The maximum atomic E-state index is 15.8. The zero-order chi connectivity index (χ0) is 85.4. The van der Waals surface area contributed by atoms with Crippen LogP contribution in [0.2, 0.25) is 0 Å². The highest BCUT2D eigenvalue weighted by molar-refractivity contribution is 6.28. The normalized spacial score (nSPS) is 14.2. The summed E-state index contributed by atoms with van der Waals surface area (Å²) >= 11 is 0. The number of halogens is 2. The van der Waals surface area contributed by atoms with Crippen molar-refractivity contribution in [1.82, 2.24) is 0 Å². The SMILES string of the molecule is [2H]c1c([2H])c([2H])c(-c2cc(-c3c([2H])c([2H])c([2H])c([2H])c3[2H])cc(N(c3cccc(F)c3)c3ccc4ccc5c(N(c6cccc(F)c6)c6cc(-c7c([2H])c([2H])c([2H])c([2H])c7[2H])cc(-c7c([2H])c([2H])c([2H])c([2H])c7[2H])c6)ccc6ccc3c4c65)c2)c([2H])c1[2H].c1ccc2cc(-c3c4ccccc4c(-c4ccc5ccccc5c4)c4ccccc34)ccc2c1. The number of hydrogen-bond donors (Lipinski definition) is 0. The molecule has 19 aromatic carbocycles. The van der Waals surface area contributed by atoms with Crippen LogP contribution < -0.4 is 9.80 Å². The number of benzene rings is 19. The minimum Gasteiger partial charge on any atom is -0.310 e. The van der Waals surface area contributed by atoms with E-state index in [4.69, 9.17) is 27.4 Å². The molecule has 0 spiro atoms. The number of fused-ring (bicyclic) bond motifs is 4. The zero-order valence-electron chi connectivity index (χ0n) is 74.1. The molecule has 0 saturated heterocycles. The summed E-state index contributed by atoms with van der Waals surface area (Å²) < 4.78 is 206. The molecule has 0 saturated carbocycles. The van der Waals surface area contributed by atoms with Crippen molar-refractivity contribution in [2.24, 2.45) is 0 Å². The van der Waals surface area contributed by atoms with Crippen molar-refractivity contribution in [1.29, 1.82) is 0 Å². The third kappa shape index (κ3) is 11.4. The lowest BCUT2D eigenvalue weighted by atomic mass is 9.85. The molecule has 480 valence electrons. The van der Waals surface area contributed by atoms with Gasteiger partial charge >= 0.3 is 0 Å². The van der Waals surface area contributed by atoms with Gasteiger partial charge in [0.05, 0.1) is 38.8 Å². The topological polar surface area (TPSA) is 6.48 Å². The first-order valence-corrected chi connectivity index (χ1v) is 33.0. The third-order valence-corrected chi connectivity index (χ3v) is 18.7. The number of anilines is 6. The lowest BCUT2D eigenvalue weighted by Crippen LogP contribution is -2.12. The van der Waals surface area contributed by atoms with Crippen LogP contribution in [0.3, 0.4) is 0 Å². The second-order valence-electron chi connectivity index (χ2n) is 24.7. The van der Waals surface area contributed by atoms with Crippen molar-refractivity contribution in [2.45, 2.75) is 0 Å². The number of nitrogens with zero attached hydrogens (tertiary/aromatic N) is 2. The second-order valence-corrected chi connectivity index (χ2v) is 24.7. The molecule has 0 bridgehead atoms. The average Bonchev–Trinajstić information content (AvgIpc) is 0.712. The van der Waals surface area contributed by atoms with Gasteiger partial charge in [0.2, 0.25) is 0 Å². The van der Waals surface area contributed by atoms with Crippen LogP contribution >= 0.6 is 0 Å². The molecule has 0 aliphatic carbocycles. The highest BCUT2D eigenvalue weighted by atomic mass is 19.1. The van der Waals surface area contributed by atoms with E-state index in [1.54, 1.807) is 34.1 Å². The molecular formula is C98H64F2N2. The van der Waals surface area contributed by atoms with E-state index in [9.17, 15) is 0 Å². The summed E-state index contributed by atoms with van der Waals surface area (Å²) in [4.78, 5) is 3.27. The van der Waals surface area contributed by atoms with Gasteiger partial charge in [-0.2, -0.15) is 0 Å². The largest absolute Gasteiger partial charge is 0.310 e. The van der Waals surface area contributed by atoms with Crippen molar-refractivity contribution in [3.63, 3.8) is 0 Å². The van der Waals surface area contributed by atoms with Gasteiger partial charge in [-0.1, -0.05) is 291 Å². The Kier molecular flexibility index (Phi) is 11.1. The maximum Gasteiger partial charge on any atom is 0.125 e. The van der Waals surface area contributed by atoms with E-state index < -0.39 is 132 Å². The molecule has 0 atom stereocenters. The monoisotopic (exact) mass is 1330 g/mol. The Hall–Kier alpha value is -13.3. The van der Waals surface area contributed by atoms with Gasteiger partial charge in [0, 0.05) is 33.5 Å². The first kappa shape index (κ1) is 43.2. The van der Waals surface area contributed by atoms with E-state index in [0.29, 0.717) is 43.7 Å². The fourth-order valence-electron chi connectivity index (χ4n) is 14.3. The summed E-state index contributed by atoms with van der Waals surface area (Å²) in [7, 11) is 0. The molecule has 0 N–H and O–H groups in total. The first-order valence-electron chi connectivity index (χ1n) is 43.0. The number of rotatable bonds is 12. The van der Waals surface area contributed by atoms with Crippen molar-refractivity contribution in [3.8, 4) is 66.8 Å². The molecule has 0 aromatic heterocycles. The summed E-state index contributed by atoms with van der Waals surface area (Å²) in [5.41, 5.74) is 5.43. The molecule has 102 heavy (non-hydrogen) atoms. The third-order valence-electron chi connectivity index (χ3n) is 18.7. The van der Waals surface area contributed by atoms with Crippen LogP contribution in [0.4, 0.5) is 42.9 Å². The summed E-state index contributed by atoms with van der Waals surface area (Å²) in [5.74, 6) is -1.33. The van der Waals surface area contributed by atoms with Crippen LogP contribution in [-0.2, 0) is 0 Å². The van der Waals surface area contributed by atoms with Crippen molar-refractivity contribution in [2.75, 3.05) is 9.80 Å². The Bertz CT molecular complexity index is 6870. The molecule has 4 heteroatoms. The van der Waals surface area contributed by atoms with Gasteiger partial charge in [-0.15, -0.1) is 0 Å². The molecule has 19 rings (SSSR count). The van der Waals surface area contributed by atoms with Gasteiger partial charge in [0.25, 0.3) is 0 Å². The van der Waals surface area contributed by atoms with E-state index in [1.165, 1.54) is 138 Å². The van der Waals surface area contributed by atoms with Gasteiger partial charge in [0.15, 0.2) is 0 Å². The molecule has 2 nitrogen and oxygen atoms in total. The lowest BCUT2D eigenvalue weighted by Gasteiger charge is -2.30. The lowest BCUT2D eigenvalue weighted by molar-refractivity contribution is 0.627. The van der Waals surface area contributed by atoms with E-state index in [2.05, 4.69) is 133 Å². The van der Waals surface area contributed by atoms with Gasteiger partial charge < -0.3 is 9.80 Å². The van der Waals surface area contributed by atoms with Gasteiger partial charge in [-0.25, -0.2) is 8.78 Å². The Labute approximate surface area is 619 Å². The summed E-state index contributed by atoms with van der Waals surface area (Å²) in [6.07, 6.45) is 0. The molecule has 0 unspecified atom stereocenters. The van der Waals surface area contributed by atoms with Gasteiger partial charge in [-0.3, -0.25) is 0 Å². The van der Waals surface area contributed by atoms with Crippen LogP contribution in [-0.4, -0.2) is 0 Å². The quantitative estimate of drug-likeness (QED) is 0.0888. The molecule has 0 fully saturated rings. The Morgan fingerprint density at radius 1 is 0.206 bits per heavy atom. The van der Waals surface area contributed by atoms with Gasteiger partial charge in [0.1, 0.15) is 11.6 Å². The highest BCUT2D eigenvalue weighted by Crippen LogP contribution is 2.51. The van der Waals surface area contributed by atoms with Crippen LogP contribution in [0.25, 0.3) is 142 Å². The van der Waals surface area contributed by atoms with E-state index >= 15 is 8.78 Å². The first-order chi connectivity index (χ1) is 58.7. The molecule has 0 amide bonds.